The third-order valence-electron chi connectivity index (χ3n) is 3.31. The highest BCUT2D eigenvalue weighted by atomic mass is 32.2. The van der Waals surface area contributed by atoms with Crippen LogP contribution in [0.2, 0.25) is 0 Å². The zero-order valence-electron chi connectivity index (χ0n) is 11.7. The molecule has 1 aromatic heterocycles. The fourth-order valence-corrected chi connectivity index (χ4v) is 2.83. The van der Waals surface area contributed by atoms with Crippen LogP contribution in [0, 0.1) is 0 Å². The van der Waals surface area contributed by atoms with Gasteiger partial charge in [-0.25, -0.2) is 14.4 Å². The van der Waals surface area contributed by atoms with Gasteiger partial charge in [-0.2, -0.15) is 0 Å². The predicted molar refractivity (Wildman–Crippen MR) is 80.8 cm³/mol. The van der Waals surface area contributed by atoms with Crippen LogP contribution in [0.4, 0.5) is 21.7 Å². The molecule has 7 N–H and O–H groups in total. The average molecular weight is 317 g/mol. The minimum atomic E-state index is -1.60. The van der Waals surface area contributed by atoms with Gasteiger partial charge in [0.1, 0.15) is 18.0 Å². The van der Waals surface area contributed by atoms with Crippen molar-refractivity contribution in [2.24, 2.45) is 0 Å². The first-order valence-corrected chi connectivity index (χ1v) is 7.75. The zero-order chi connectivity index (χ0) is 15.6. The zero-order valence-corrected chi connectivity index (χ0v) is 12.5. The molecular formula is C12H20FN5O2S. The molecule has 0 aliphatic heterocycles. The highest BCUT2D eigenvalue weighted by molar-refractivity contribution is 7.99. The van der Waals surface area contributed by atoms with Crippen molar-refractivity contribution in [1.29, 1.82) is 0 Å². The monoisotopic (exact) mass is 317 g/mol. The largest absolute Gasteiger partial charge is 0.393 e. The molecule has 0 spiro atoms. The molecule has 9 heteroatoms. The minimum Gasteiger partial charge on any atom is -0.393 e. The molecule has 1 saturated carbocycles. The fraction of sp³-hybridized carbons (Fsp3) is 0.667. The van der Waals surface area contributed by atoms with E-state index in [2.05, 4.69) is 15.3 Å². The summed E-state index contributed by atoms with van der Waals surface area (Å²) in [4.78, 5) is 8.29. The van der Waals surface area contributed by atoms with Gasteiger partial charge in [0.05, 0.1) is 12.1 Å². The van der Waals surface area contributed by atoms with Crippen molar-refractivity contribution < 1.29 is 14.6 Å². The number of rotatable bonds is 5. The van der Waals surface area contributed by atoms with Gasteiger partial charge in [-0.3, -0.25) is 0 Å². The van der Waals surface area contributed by atoms with E-state index in [0.717, 1.165) is 12.2 Å². The maximum atomic E-state index is 13.9. The molecule has 1 fully saturated rings. The predicted octanol–water partition coefficient (Wildman–Crippen LogP) is 0.387. The van der Waals surface area contributed by atoms with Gasteiger partial charge >= 0.3 is 0 Å². The first-order valence-electron chi connectivity index (χ1n) is 6.76. The standard InChI is InChI=1S/C12H20FN5O2S/c1-2-3-21-12-17-10(15)8(14)11(18-12)16-5-4-6(19)9(20)7(5)13/h5-7,9,19-20H,2-4,14H2,1H3,(H3,15,16,17,18)/t5?,6-,7+,9?/m0/s1. The van der Waals surface area contributed by atoms with Crippen LogP contribution in [0.1, 0.15) is 19.8 Å². The molecule has 0 bridgehead atoms. The van der Waals surface area contributed by atoms with Gasteiger partial charge in [-0.15, -0.1) is 0 Å². The molecule has 0 radical (unpaired) electrons. The van der Waals surface area contributed by atoms with E-state index in [9.17, 15) is 14.6 Å². The summed E-state index contributed by atoms with van der Waals surface area (Å²) in [6.07, 6.45) is -3.08. The number of hydrogen-bond acceptors (Lipinski definition) is 8. The number of aliphatic hydroxyl groups excluding tert-OH is 2. The summed E-state index contributed by atoms with van der Waals surface area (Å²) in [7, 11) is 0. The molecule has 0 amide bonds. The minimum absolute atomic E-state index is 0.0725. The first-order chi connectivity index (χ1) is 9.93. The van der Waals surface area contributed by atoms with E-state index >= 15 is 0 Å². The van der Waals surface area contributed by atoms with Crippen molar-refractivity contribution in [3.05, 3.63) is 0 Å². The Balaban J connectivity index is 2.17. The smallest absolute Gasteiger partial charge is 0.191 e. The SMILES string of the molecule is CCCSc1nc(N)c(N)c(NC2C[C@H](O)C(O)[C@@H]2F)n1. The Kier molecular flexibility index (Phi) is 5.07. The van der Waals surface area contributed by atoms with E-state index < -0.39 is 24.4 Å². The maximum Gasteiger partial charge on any atom is 0.191 e. The molecule has 4 atom stereocenters. The van der Waals surface area contributed by atoms with Gasteiger partial charge in [0, 0.05) is 5.75 Å². The molecule has 1 aromatic rings. The Hall–Kier alpha value is -1.32. The number of aromatic nitrogens is 2. The number of nitrogens with one attached hydrogen (secondary N) is 1. The van der Waals surface area contributed by atoms with Crippen LogP contribution in [-0.4, -0.2) is 50.4 Å². The lowest BCUT2D eigenvalue weighted by molar-refractivity contribution is 0.00989. The van der Waals surface area contributed by atoms with Crippen LogP contribution < -0.4 is 16.8 Å². The number of nitrogens with zero attached hydrogens (tertiary/aromatic N) is 2. The van der Waals surface area contributed by atoms with E-state index in [1.54, 1.807) is 0 Å². The quantitative estimate of drug-likeness (QED) is 0.389. The molecular weight excluding hydrogens is 297 g/mol. The molecule has 1 aliphatic carbocycles. The number of hydrogen-bond donors (Lipinski definition) is 5. The highest BCUT2D eigenvalue weighted by Gasteiger charge is 2.42. The lowest BCUT2D eigenvalue weighted by Crippen LogP contribution is -2.32. The molecule has 2 unspecified atom stereocenters. The second kappa shape index (κ2) is 6.63. The van der Waals surface area contributed by atoms with Crippen molar-refractivity contribution in [2.45, 2.75) is 49.3 Å². The number of thioether (sulfide) groups is 1. The first kappa shape index (κ1) is 16.1. The van der Waals surface area contributed by atoms with Crippen LogP contribution in [-0.2, 0) is 0 Å². The number of anilines is 3. The molecule has 7 nitrogen and oxygen atoms in total. The van der Waals surface area contributed by atoms with Gasteiger partial charge < -0.3 is 27.0 Å². The van der Waals surface area contributed by atoms with Gasteiger partial charge in [0.25, 0.3) is 0 Å². The van der Waals surface area contributed by atoms with Gasteiger partial charge in [0.2, 0.25) is 0 Å². The third-order valence-corrected chi connectivity index (χ3v) is 4.37. The van der Waals surface area contributed by atoms with Crippen molar-refractivity contribution in [2.75, 3.05) is 22.5 Å². The van der Waals surface area contributed by atoms with Crippen molar-refractivity contribution in [3.63, 3.8) is 0 Å². The van der Waals surface area contributed by atoms with Crippen LogP contribution in [0.25, 0.3) is 0 Å². The molecule has 21 heavy (non-hydrogen) atoms. The van der Waals surface area contributed by atoms with Crippen LogP contribution in [0.3, 0.4) is 0 Å². The lowest BCUT2D eigenvalue weighted by atomic mass is 10.2. The van der Waals surface area contributed by atoms with E-state index in [-0.39, 0.29) is 23.7 Å². The molecule has 1 aliphatic rings. The van der Waals surface area contributed by atoms with Crippen LogP contribution in [0.5, 0.6) is 0 Å². The lowest BCUT2D eigenvalue weighted by Gasteiger charge is -2.18. The normalized spacial score (nSPS) is 28.8. The second-order valence-electron chi connectivity index (χ2n) is 4.99. The van der Waals surface area contributed by atoms with E-state index in [4.69, 9.17) is 11.5 Å². The van der Waals surface area contributed by atoms with E-state index in [0.29, 0.717) is 5.16 Å². The summed E-state index contributed by atoms with van der Waals surface area (Å²) in [6.45, 7) is 2.03. The highest BCUT2D eigenvalue weighted by Crippen LogP contribution is 2.31. The molecule has 0 saturated heterocycles. The Morgan fingerprint density at radius 3 is 2.67 bits per heavy atom. The number of aliphatic hydroxyl groups is 2. The number of nitrogens with two attached hydrogens (primary N) is 2. The summed E-state index contributed by atoms with van der Waals surface area (Å²) in [5.41, 5.74) is 11.7. The summed E-state index contributed by atoms with van der Waals surface area (Å²) < 4.78 is 13.9. The Morgan fingerprint density at radius 2 is 2.10 bits per heavy atom. The van der Waals surface area contributed by atoms with Gasteiger partial charge in [-0.05, 0) is 12.8 Å². The summed E-state index contributed by atoms with van der Waals surface area (Å²) in [5.74, 6) is 1.19. The number of halogens is 1. The fourth-order valence-electron chi connectivity index (χ4n) is 2.13. The topological polar surface area (TPSA) is 130 Å². The molecule has 118 valence electrons. The summed E-state index contributed by atoms with van der Waals surface area (Å²) in [5, 5.41) is 22.2. The number of nitrogen functional groups attached to an aromatic ring is 2. The van der Waals surface area contributed by atoms with E-state index in [1.807, 2.05) is 6.92 Å². The maximum absolute atomic E-state index is 13.9. The summed E-state index contributed by atoms with van der Waals surface area (Å²) in [6, 6.07) is -0.768. The molecule has 1 heterocycles. The third kappa shape index (κ3) is 3.47. The number of alkyl halides is 1. The Bertz CT molecular complexity index is 507. The van der Waals surface area contributed by atoms with Crippen molar-refractivity contribution >= 4 is 29.1 Å². The van der Waals surface area contributed by atoms with Crippen molar-refractivity contribution in [1.82, 2.24) is 9.97 Å². The van der Waals surface area contributed by atoms with Crippen molar-refractivity contribution in [3.8, 4) is 0 Å². The Morgan fingerprint density at radius 1 is 1.38 bits per heavy atom. The second-order valence-corrected chi connectivity index (χ2v) is 6.05. The van der Waals surface area contributed by atoms with Gasteiger partial charge in [0.15, 0.2) is 16.8 Å². The van der Waals surface area contributed by atoms with Crippen LogP contribution >= 0.6 is 11.8 Å². The van der Waals surface area contributed by atoms with Gasteiger partial charge in [-0.1, -0.05) is 18.7 Å². The molecule has 0 aromatic carbocycles. The summed E-state index contributed by atoms with van der Waals surface area (Å²) >= 11 is 1.43. The molecule has 2 rings (SSSR count). The average Bonchev–Trinajstić information content (AvgIpc) is 2.69. The van der Waals surface area contributed by atoms with Crippen LogP contribution in [0.15, 0.2) is 5.16 Å². The Labute approximate surface area is 126 Å². The van der Waals surface area contributed by atoms with E-state index in [1.165, 1.54) is 11.8 Å².